The van der Waals surface area contributed by atoms with Crippen LogP contribution < -0.4 is 4.90 Å². The molecule has 0 saturated carbocycles. The zero-order chi connectivity index (χ0) is 35.6. The average molecular weight is 686 g/mol. The van der Waals surface area contributed by atoms with Crippen LogP contribution in [0.3, 0.4) is 0 Å². The van der Waals surface area contributed by atoms with E-state index in [1.54, 1.807) is 0 Å². The van der Waals surface area contributed by atoms with Crippen molar-refractivity contribution in [2.24, 2.45) is 0 Å². The first kappa shape index (κ1) is 30.6. The average Bonchev–Trinajstić information content (AvgIpc) is 3.71. The maximum absolute atomic E-state index is 2.42. The molecule has 0 bridgehead atoms. The molecular weight excluding hydrogens is 651 g/mol. The lowest BCUT2D eigenvalue weighted by Crippen LogP contribution is -2.25. The fourth-order valence-corrected chi connectivity index (χ4v) is 9.29. The van der Waals surface area contributed by atoms with Crippen molar-refractivity contribution in [2.75, 3.05) is 4.90 Å². The van der Waals surface area contributed by atoms with Gasteiger partial charge in [0.15, 0.2) is 0 Å². The Morgan fingerprint density at radius 1 is 0.259 bits per heavy atom. The van der Waals surface area contributed by atoms with Crippen LogP contribution in [-0.4, -0.2) is 0 Å². The van der Waals surface area contributed by atoms with Crippen LogP contribution in [-0.2, 0) is 5.41 Å². The molecule has 0 N–H and O–H groups in total. The third-order valence-corrected chi connectivity index (χ3v) is 11.7. The molecule has 0 aromatic heterocycles. The highest BCUT2D eigenvalue weighted by atomic mass is 15.1. The SMILES string of the molecule is c1ccc(-c2ccc3ccc(-c4ccc(N(c5ccccc5)c5ccc6c(c5)-c5ccccc5C65c6ccccc6-c6ccccc65)cc4)cc3c2)cc1. The molecule has 0 radical (unpaired) electrons. The fourth-order valence-electron chi connectivity index (χ4n) is 9.29. The van der Waals surface area contributed by atoms with Crippen molar-refractivity contribution in [2.45, 2.75) is 5.41 Å². The third-order valence-electron chi connectivity index (χ3n) is 11.7. The number of benzene rings is 9. The van der Waals surface area contributed by atoms with Gasteiger partial charge in [-0.05, 0) is 126 Å². The van der Waals surface area contributed by atoms with E-state index in [1.165, 1.54) is 77.5 Å². The van der Waals surface area contributed by atoms with Crippen LogP contribution in [0.25, 0.3) is 55.3 Å². The molecule has 1 spiro atoms. The van der Waals surface area contributed by atoms with Gasteiger partial charge in [-0.2, -0.15) is 0 Å². The summed E-state index contributed by atoms with van der Waals surface area (Å²) in [5.41, 5.74) is 18.6. The van der Waals surface area contributed by atoms with E-state index in [-0.39, 0.29) is 5.41 Å². The summed E-state index contributed by atoms with van der Waals surface area (Å²) in [6, 6.07) is 78.1. The van der Waals surface area contributed by atoms with Crippen LogP contribution >= 0.6 is 0 Å². The number of fused-ring (bicyclic) bond motifs is 11. The number of hydrogen-bond acceptors (Lipinski definition) is 1. The molecule has 9 aromatic rings. The standard InChI is InChI=1S/C53H35N/c1-3-13-36(14-4-1)39-25-23-38-24-26-40(34-41(38)33-39)37-27-29-43(30-28-37)54(42-15-5-2-6-16-42)44-31-32-52-48(35-44)47-19-9-12-22-51(47)53(52)49-20-10-7-17-45(49)46-18-8-11-21-50(46)53/h1-35H. The number of nitrogens with zero attached hydrogens (tertiary/aromatic N) is 1. The zero-order valence-electron chi connectivity index (χ0n) is 29.7. The quantitative estimate of drug-likeness (QED) is 0.174. The molecule has 1 heteroatoms. The molecule has 9 aromatic carbocycles. The van der Waals surface area contributed by atoms with Crippen LogP contribution in [0.1, 0.15) is 22.3 Å². The van der Waals surface area contributed by atoms with Crippen molar-refractivity contribution in [1.29, 1.82) is 0 Å². The number of rotatable bonds is 5. The van der Waals surface area contributed by atoms with Gasteiger partial charge in [0.25, 0.3) is 0 Å². The molecule has 2 aliphatic carbocycles. The molecule has 0 fully saturated rings. The van der Waals surface area contributed by atoms with Gasteiger partial charge in [-0.25, -0.2) is 0 Å². The highest BCUT2D eigenvalue weighted by Gasteiger charge is 2.51. The second-order valence-electron chi connectivity index (χ2n) is 14.5. The topological polar surface area (TPSA) is 3.24 Å². The Balaban J connectivity index is 1.03. The van der Waals surface area contributed by atoms with E-state index < -0.39 is 0 Å². The van der Waals surface area contributed by atoms with E-state index in [0.717, 1.165) is 17.1 Å². The second-order valence-corrected chi connectivity index (χ2v) is 14.5. The Hall–Kier alpha value is -6.96. The van der Waals surface area contributed by atoms with E-state index in [2.05, 4.69) is 217 Å². The molecule has 252 valence electrons. The van der Waals surface area contributed by atoms with Crippen LogP contribution in [0.15, 0.2) is 212 Å². The minimum Gasteiger partial charge on any atom is -0.310 e. The Morgan fingerprint density at radius 2 is 0.685 bits per heavy atom. The van der Waals surface area contributed by atoms with Gasteiger partial charge in [-0.15, -0.1) is 0 Å². The Morgan fingerprint density at radius 3 is 1.28 bits per heavy atom. The highest BCUT2D eigenvalue weighted by Crippen LogP contribution is 2.63. The van der Waals surface area contributed by atoms with E-state index in [9.17, 15) is 0 Å². The minimum absolute atomic E-state index is 0.349. The van der Waals surface area contributed by atoms with Gasteiger partial charge in [0.2, 0.25) is 0 Å². The molecule has 0 amide bonds. The third kappa shape index (κ3) is 4.52. The number of para-hydroxylation sites is 1. The van der Waals surface area contributed by atoms with Crippen molar-refractivity contribution in [3.8, 4) is 44.5 Å². The van der Waals surface area contributed by atoms with Crippen LogP contribution in [0.5, 0.6) is 0 Å². The normalized spacial score (nSPS) is 13.0. The van der Waals surface area contributed by atoms with Gasteiger partial charge in [0.05, 0.1) is 5.41 Å². The van der Waals surface area contributed by atoms with E-state index in [0.29, 0.717) is 0 Å². The smallest absolute Gasteiger partial charge is 0.0725 e. The molecule has 0 heterocycles. The Kier molecular flexibility index (Phi) is 6.84. The summed E-state index contributed by atoms with van der Waals surface area (Å²) in [7, 11) is 0. The molecule has 2 aliphatic rings. The predicted molar refractivity (Wildman–Crippen MR) is 226 cm³/mol. The molecule has 54 heavy (non-hydrogen) atoms. The van der Waals surface area contributed by atoms with Crippen LogP contribution in [0.4, 0.5) is 17.1 Å². The lowest BCUT2D eigenvalue weighted by atomic mass is 9.70. The molecule has 0 atom stereocenters. The summed E-state index contributed by atoms with van der Waals surface area (Å²) in [6.07, 6.45) is 0. The van der Waals surface area contributed by atoms with Gasteiger partial charge in [0.1, 0.15) is 0 Å². The monoisotopic (exact) mass is 685 g/mol. The summed E-state index contributed by atoms with van der Waals surface area (Å²) < 4.78 is 0. The summed E-state index contributed by atoms with van der Waals surface area (Å²) in [4.78, 5) is 2.39. The molecular formula is C53H35N. The van der Waals surface area contributed by atoms with E-state index in [1.807, 2.05) is 0 Å². The van der Waals surface area contributed by atoms with Crippen molar-refractivity contribution < 1.29 is 0 Å². The molecule has 0 saturated heterocycles. The summed E-state index contributed by atoms with van der Waals surface area (Å²) in [5, 5.41) is 2.49. The van der Waals surface area contributed by atoms with Gasteiger partial charge >= 0.3 is 0 Å². The predicted octanol–water partition coefficient (Wildman–Crippen LogP) is 14.0. The van der Waals surface area contributed by atoms with Gasteiger partial charge in [0, 0.05) is 17.1 Å². The van der Waals surface area contributed by atoms with Crippen LogP contribution in [0.2, 0.25) is 0 Å². The number of hydrogen-bond donors (Lipinski definition) is 0. The fraction of sp³-hybridized carbons (Fsp3) is 0.0189. The highest BCUT2D eigenvalue weighted by molar-refractivity contribution is 5.97. The first-order chi connectivity index (χ1) is 26.8. The Bertz CT molecular complexity index is 2820. The van der Waals surface area contributed by atoms with Crippen LogP contribution in [0, 0.1) is 0 Å². The Labute approximate surface area is 316 Å². The largest absolute Gasteiger partial charge is 0.310 e. The summed E-state index contributed by atoms with van der Waals surface area (Å²) in [5.74, 6) is 0. The molecule has 0 unspecified atom stereocenters. The lowest BCUT2D eigenvalue weighted by molar-refractivity contribution is 0.794. The summed E-state index contributed by atoms with van der Waals surface area (Å²) in [6.45, 7) is 0. The van der Waals surface area contributed by atoms with Gasteiger partial charge in [-0.1, -0.05) is 164 Å². The first-order valence-corrected chi connectivity index (χ1v) is 18.8. The first-order valence-electron chi connectivity index (χ1n) is 18.8. The molecule has 1 nitrogen and oxygen atoms in total. The maximum Gasteiger partial charge on any atom is 0.0725 e. The van der Waals surface area contributed by atoms with Gasteiger partial charge in [-0.3, -0.25) is 0 Å². The second kappa shape index (κ2) is 12.0. The molecule has 11 rings (SSSR count). The van der Waals surface area contributed by atoms with Crippen molar-refractivity contribution in [1.82, 2.24) is 0 Å². The van der Waals surface area contributed by atoms with Gasteiger partial charge < -0.3 is 4.90 Å². The minimum atomic E-state index is -0.349. The number of anilines is 3. The van der Waals surface area contributed by atoms with E-state index >= 15 is 0 Å². The van der Waals surface area contributed by atoms with Crippen molar-refractivity contribution in [3.63, 3.8) is 0 Å². The van der Waals surface area contributed by atoms with E-state index in [4.69, 9.17) is 0 Å². The lowest BCUT2D eigenvalue weighted by Gasteiger charge is -2.31. The molecule has 0 aliphatic heterocycles. The zero-order valence-corrected chi connectivity index (χ0v) is 29.7. The van der Waals surface area contributed by atoms with Crippen molar-refractivity contribution >= 4 is 27.8 Å². The van der Waals surface area contributed by atoms with Crippen molar-refractivity contribution in [3.05, 3.63) is 235 Å². The maximum atomic E-state index is 2.42. The summed E-state index contributed by atoms with van der Waals surface area (Å²) >= 11 is 0.